The van der Waals surface area contributed by atoms with E-state index in [1.165, 1.54) is 0 Å². The number of aromatic nitrogens is 1. The van der Waals surface area contributed by atoms with Crippen LogP contribution < -0.4 is 5.32 Å². The van der Waals surface area contributed by atoms with E-state index >= 15 is 0 Å². The Morgan fingerprint density at radius 3 is 2.54 bits per heavy atom. The molecule has 2 amide bonds. The standard InChI is InChI=1S/C18H28N4O2/c23-14-15-4-11-22(12-5-15)18(24)20-16-6-9-21(10-7-16)13-17-3-1-2-8-19-17/h1-3,8,15-16,23H,4-7,9-14H2,(H,20,24). The van der Waals surface area contributed by atoms with Crippen LogP contribution in [0.15, 0.2) is 24.4 Å². The fourth-order valence-corrected chi connectivity index (χ4v) is 3.54. The molecule has 1 aromatic rings. The van der Waals surface area contributed by atoms with Crippen LogP contribution in [0, 0.1) is 5.92 Å². The Kier molecular flexibility index (Phi) is 6.04. The van der Waals surface area contributed by atoms with Crippen LogP contribution in [0.25, 0.3) is 0 Å². The zero-order valence-electron chi connectivity index (χ0n) is 14.2. The molecular formula is C18H28N4O2. The molecule has 0 unspecified atom stereocenters. The maximum Gasteiger partial charge on any atom is 0.317 e. The van der Waals surface area contributed by atoms with Gasteiger partial charge < -0.3 is 15.3 Å². The molecule has 0 saturated carbocycles. The summed E-state index contributed by atoms with van der Waals surface area (Å²) < 4.78 is 0. The maximum absolute atomic E-state index is 12.4. The Morgan fingerprint density at radius 1 is 1.17 bits per heavy atom. The van der Waals surface area contributed by atoms with Crippen molar-refractivity contribution < 1.29 is 9.90 Å². The van der Waals surface area contributed by atoms with E-state index in [0.717, 1.165) is 64.1 Å². The fraction of sp³-hybridized carbons (Fsp3) is 0.667. The Labute approximate surface area is 143 Å². The van der Waals surface area contributed by atoms with Gasteiger partial charge in [-0.1, -0.05) is 6.07 Å². The largest absolute Gasteiger partial charge is 0.396 e. The van der Waals surface area contributed by atoms with Gasteiger partial charge in [0.05, 0.1) is 5.69 Å². The summed E-state index contributed by atoms with van der Waals surface area (Å²) in [5.74, 6) is 0.365. The summed E-state index contributed by atoms with van der Waals surface area (Å²) in [6, 6.07) is 6.36. The number of urea groups is 1. The maximum atomic E-state index is 12.4. The molecule has 3 rings (SSSR count). The number of aliphatic hydroxyl groups excluding tert-OH is 1. The summed E-state index contributed by atoms with van der Waals surface area (Å²) in [7, 11) is 0. The van der Waals surface area contributed by atoms with Crippen LogP contribution in [0.4, 0.5) is 4.79 Å². The molecule has 0 aromatic carbocycles. The topological polar surface area (TPSA) is 68.7 Å². The van der Waals surface area contributed by atoms with Crippen LogP contribution in [0.3, 0.4) is 0 Å². The number of carbonyl (C=O) groups is 1. The quantitative estimate of drug-likeness (QED) is 0.876. The van der Waals surface area contributed by atoms with Crippen LogP contribution in [0.1, 0.15) is 31.4 Å². The molecule has 3 heterocycles. The number of amides is 2. The van der Waals surface area contributed by atoms with E-state index in [1.54, 1.807) is 0 Å². The highest BCUT2D eigenvalue weighted by molar-refractivity contribution is 5.74. The van der Waals surface area contributed by atoms with Crippen LogP contribution >= 0.6 is 0 Å². The zero-order chi connectivity index (χ0) is 16.8. The van der Waals surface area contributed by atoms with Crippen molar-refractivity contribution in [2.45, 2.75) is 38.3 Å². The summed E-state index contributed by atoms with van der Waals surface area (Å²) >= 11 is 0. The lowest BCUT2D eigenvalue weighted by Gasteiger charge is -2.35. The molecule has 2 N–H and O–H groups in total. The van der Waals surface area contributed by atoms with E-state index in [-0.39, 0.29) is 18.7 Å². The van der Waals surface area contributed by atoms with Gasteiger partial charge in [0.15, 0.2) is 0 Å². The predicted molar refractivity (Wildman–Crippen MR) is 92.5 cm³/mol. The minimum atomic E-state index is 0.0644. The summed E-state index contributed by atoms with van der Waals surface area (Å²) in [6.45, 7) is 4.63. The van der Waals surface area contributed by atoms with Gasteiger partial charge in [-0.25, -0.2) is 4.79 Å². The smallest absolute Gasteiger partial charge is 0.317 e. The first-order valence-corrected chi connectivity index (χ1v) is 9.03. The lowest BCUT2D eigenvalue weighted by atomic mass is 9.98. The van der Waals surface area contributed by atoms with Gasteiger partial charge in [0.2, 0.25) is 0 Å². The monoisotopic (exact) mass is 332 g/mol. The lowest BCUT2D eigenvalue weighted by Crippen LogP contribution is -2.51. The second-order valence-corrected chi connectivity index (χ2v) is 6.93. The third-order valence-electron chi connectivity index (χ3n) is 5.19. The van der Waals surface area contributed by atoms with Crippen molar-refractivity contribution in [1.29, 1.82) is 0 Å². The van der Waals surface area contributed by atoms with Crippen LogP contribution in [-0.2, 0) is 6.54 Å². The van der Waals surface area contributed by atoms with Crippen molar-refractivity contribution >= 4 is 6.03 Å². The Balaban J connectivity index is 1.38. The van der Waals surface area contributed by atoms with E-state index in [0.29, 0.717) is 5.92 Å². The number of nitrogens with one attached hydrogen (secondary N) is 1. The number of rotatable bonds is 4. The molecule has 132 valence electrons. The number of nitrogens with zero attached hydrogens (tertiary/aromatic N) is 3. The van der Waals surface area contributed by atoms with Gasteiger partial charge in [-0.2, -0.15) is 0 Å². The average molecular weight is 332 g/mol. The van der Waals surface area contributed by atoms with Crippen LogP contribution in [0.2, 0.25) is 0 Å². The first-order chi connectivity index (χ1) is 11.7. The average Bonchev–Trinajstić information content (AvgIpc) is 2.64. The molecule has 0 spiro atoms. The summed E-state index contributed by atoms with van der Waals surface area (Å²) in [4.78, 5) is 21.0. The van der Waals surface area contributed by atoms with E-state index < -0.39 is 0 Å². The van der Waals surface area contributed by atoms with Gasteiger partial charge in [-0.05, 0) is 43.7 Å². The molecule has 2 fully saturated rings. The van der Waals surface area contributed by atoms with E-state index in [9.17, 15) is 9.90 Å². The number of pyridine rings is 1. The molecule has 24 heavy (non-hydrogen) atoms. The number of carbonyl (C=O) groups excluding carboxylic acids is 1. The molecule has 2 aliphatic heterocycles. The molecule has 6 nitrogen and oxygen atoms in total. The number of hydrogen-bond donors (Lipinski definition) is 2. The third kappa shape index (κ3) is 4.68. The third-order valence-corrected chi connectivity index (χ3v) is 5.19. The molecular weight excluding hydrogens is 304 g/mol. The molecule has 0 radical (unpaired) electrons. The number of hydrogen-bond acceptors (Lipinski definition) is 4. The van der Waals surface area contributed by atoms with Crippen molar-refractivity contribution in [3.8, 4) is 0 Å². The molecule has 6 heteroatoms. The second-order valence-electron chi connectivity index (χ2n) is 6.93. The van der Waals surface area contributed by atoms with Gasteiger partial charge in [0.1, 0.15) is 0 Å². The van der Waals surface area contributed by atoms with Crippen LogP contribution in [-0.4, -0.2) is 64.7 Å². The van der Waals surface area contributed by atoms with Crippen molar-refractivity contribution in [2.24, 2.45) is 5.92 Å². The van der Waals surface area contributed by atoms with Crippen molar-refractivity contribution in [3.05, 3.63) is 30.1 Å². The SMILES string of the molecule is O=C(NC1CCN(Cc2ccccn2)CC1)N1CCC(CO)CC1. The van der Waals surface area contributed by atoms with Gasteiger partial charge in [-0.3, -0.25) is 9.88 Å². The molecule has 1 aromatic heterocycles. The second kappa shape index (κ2) is 8.44. The first kappa shape index (κ1) is 17.2. The number of likely N-dealkylation sites (tertiary alicyclic amines) is 2. The Morgan fingerprint density at radius 2 is 1.92 bits per heavy atom. The minimum absolute atomic E-state index is 0.0644. The molecule has 0 atom stereocenters. The van der Waals surface area contributed by atoms with Gasteiger partial charge in [0.25, 0.3) is 0 Å². The van der Waals surface area contributed by atoms with E-state index in [4.69, 9.17) is 0 Å². The van der Waals surface area contributed by atoms with Gasteiger partial charge in [0, 0.05) is 51.6 Å². The highest BCUT2D eigenvalue weighted by atomic mass is 16.3. The molecule has 0 aliphatic carbocycles. The van der Waals surface area contributed by atoms with Crippen LogP contribution in [0.5, 0.6) is 0 Å². The van der Waals surface area contributed by atoms with Crippen molar-refractivity contribution in [1.82, 2.24) is 20.1 Å². The zero-order valence-corrected chi connectivity index (χ0v) is 14.2. The normalized spacial score (nSPS) is 21.0. The van der Waals surface area contributed by atoms with Gasteiger partial charge in [-0.15, -0.1) is 0 Å². The van der Waals surface area contributed by atoms with E-state index in [2.05, 4.69) is 21.3 Å². The predicted octanol–water partition coefficient (Wildman–Crippen LogP) is 1.46. The number of piperidine rings is 2. The lowest BCUT2D eigenvalue weighted by molar-refractivity contribution is 0.130. The highest BCUT2D eigenvalue weighted by Crippen LogP contribution is 2.17. The fourth-order valence-electron chi connectivity index (χ4n) is 3.54. The molecule has 2 saturated heterocycles. The molecule has 2 aliphatic rings. The van der Waals surface area contributed by atoms with Gasteiger partial charge >= 0.3 is 6.03 Å². The van der Waals surface area contributed by atoms with Crippen molar-refractivity contribution in [3.63, 3.8) is 0 Å². The first-order valence-electron chi connectivity index (χ1n) is 9.03. The Hall–Kier alpha value is -1.66. The summed E-state index contributed by atoms with van der Waals surface area (Å²) in [5, 5.41) is 12.4. The summed E-state index contributed by atoms with van der Waals surface area (Å²) in [5.41, 5.74) is 1.10. The number of aliphatic hydroxyl groups is 1. The minimum Gasteiger partial charge on any atom is -0.396 e. The van der Waals surface area contributed by atoms with E-state index in [1.807, 2.05) is 23.2 Å². The Bertz CT molecular complexity index is 509. The summed E-state index contributed by atoms with van der Waals surface area (Å²) in [6.07, 6.45) is 5.64. The molecule has 0 bridgehead atoms. The van der Waals surface area contributed by atoms with Crippen molar-refractivity contribution in [2.75, 3.05) is 32.8 Å². The highest BCUT2D eigenvalue weighted by Gasteiger charge is 2.26.